The Bertz CT molecular complexity index is 332. The van der Waals surface area contributed by atoms with E-state index in [9.17, 15) is 0 Å². The van der Waals surface area contributed by atoms with Crippen molar-refractivity contribution in [1.29, 1.82) is 0 Å². The molecule has 0 fully saturated rings. The summed E-state index contributed by atoms with van der Waals surface area (Å²) in [6, 6.07) is 0. The summed E-state index contributed by atoms with van der Waals surface area (Å²) < 4.78 is 0. The third-order valence-corrected chi connectivity index (χ3v) is 3.60. The van der Waals surface area contributed by atoms with E-state index in [0.717, 1.165) is 19.4 Å². The first-order valence-electron chi connectivity index (χ1n) is 9.63. The molecule has 0 saturated heterocycles. The van der Waals surface area contributed by atoms with Gasteiger partial charge in [0.2, 0.25) is 0 Å². The van der Waals surface area contributed by atoms with Crippen molar-refractivity contribution in [2.24, 2.45) is 11.3 Å². The quantitative estimate of drug-likeness (QED) is 0.319. The summed E-state index contributed by atoms with van der Waals surface area (Å²) in [5, 5.41) is 7.00. The summed E-state index contributed by atoms with van der Waals surface area (Å²) in [5.41, 5.74) is 3.45. The average Bonchev–Trinajstić information content (AvgIpc) is 2.53. The molecule has 144 valence electrons. The van der Waals surface area contributed by atoms with Crippen LogP contribution in [-0.2, 0) is 0 Å². The summed E-state index contributed by atoms with van der Waals surface area (Å²) >= 11 is 0. The lowest BCUT2D eigenvalue weighted by molar-refractivity contribution is 0.365. The molecule has 0 rings (SSSR count). The molecule has 0 saturated carbocycles. The van der Waals surface area contributed by atoms with Crippen LogP contribution in [0.2, 0.25) is 0 Å². The predicted octanol–water partition coefficient (Wildman–Crippen LogP) is 7.72. The van der Waals surface area contributed by atoms with Gasteiger partial charge in [0, 0.05) is 7.11 Å². The zero-order valence-corrected chi connectivity index (χ0v) is 18.2. The lowest BCUT2D eigenvalue weighted by Crippen LogP contribution is -2.10. The van der Waals surface area contributed by atoms with Gasteiger partial charge in [-0.15, -0.1) is 6.58 Å². The van der Waals surface area contributed by atoms with Crippen molar-refractivity contribution >= 4 is 0 Å². The number of rotatable bonds is 10. The van der Waals surface area contributed by atoms with Gasteiger partial charge in [-0.25, -0.2) is 0 Å². The Balaban J connectivity index is -0.00000102. The van der Waals surface area contributed by atoms with Crippen molar-refractivity contribution in [3.05, 3.63) is 36.0 Å². The SMILES string of the molecule is C=CCCC/C=C(\C)CC(C)(C)C/C=C(\C)CC(C)C.CC.CO. The van der Waals surface area contributed by atoms with E-state index in [4.69, 9.17) is 5.11 Å². The molecular formula is C23H46O. The molecule has 0 unspecified atom stereocenters. The molecule has 0 aromatic heterocycles. The van der Waals surface area contributed by atoms with Gasteiger partial charge < -0.3 is 5.11 Å². The highest BCUT2D eigenvalue weighted by Crippen LogP contribution is 2.30. The largest absolute Gasteiger partial charge is 0.400 e. The molecule has 0 aliphatic heterocycles. The minimum atomic E-state index is 0.372. The molecule has 0 aliphatic carbocycles. The van der Waals surface area contributed by atoms with Gasteiger partial charge in [0.15, 0.2) is 0 Å². The highest BCUT2D eigenvalue weighted by Gasteiger charge is 2.16. The fourth-order valence-electron chi connectivity index (χ4n) is 2.69. The van der Waals surface area contributed by atoms with Crippen LogP contribution in [0.15, 0.2) is 36.0 Å². The monoisotopic (exact) mass is 338 g/mol. The molecule has 0 heterocycles. The first-order chi connectivity index (χ1) is 11.3. The van der Waals surface area contributed by atoms with Crippen molar-refractivity contribution in [3.8, 4) is 0 Å². The van der Waals surface area contributed by atoms with Gasteiger partial charge in [-0.05, 0) is 63.7 Å². The van der Waals surface area contributed by atoms with Crippen molar-refractivity contribution in [2.45, 2.75) is 93.9 Å². The molecule has 0 spiro atoms. The molecule has 0 aromatic carbocycles. The highest BCUT2D eigenvalue weighted by molar-refractivity contribution is 5.05. The molecule has 0 amide bonds. The number of hydrogen-bond donors (Lipinski definition) is 1. The van der Waals surface area contributed by atoms with E-state index < -0.39 is 0 Å². The van der Waals surface area contributed by atoms with E-state index in [2.05, 4.69) is 60.3 Å². The first-order valence-corrected chi connectivity index (χ1v) is 9.63. The summed E-state index contributed by atoms with van der Waals surface area (Å²) in [4.78, 5) is 0. The molecular weight excluding hydrogens is 292 g/mol. The van der Waals surface area contributed by atoms with Gasteiger partial charge in [-0.2, -0.15) is 0 Å². The Morgan fingerprint density at radius 1 is 1.00 bits per heavy atom. The van der Waals surface area contributed by atoms with Gasteiger partial charge in [0.1, 0.15) is 0 Å². The zero-order valence-electron chi connectivity index (χ0n) is 18.2. The van der Waals surface area contributed by atoms with Crippen LogP contribution in [0.3, 0.4) is 0 Å². The fraction of sp³-hybridized carbons (Fsp3) is 0.739. The lowest BCUT2D eigenvalue weighted by Gasteiger charge is -2.24. The summed E-state index contributed by atoms with van der Waals surface area (Å²) in [7, 11) is 1.00. The smallest absolute Gasteiger partial charge is 0.0319 e. The van der Waals surface area contributed by atoms with Gasteiger partial charge in [-0.3, -0.25) is 0 Å². The number of aliphatic hydroxyl groups excluding tert-OH is 1. The van der Waals surface area contributed by atoms with Crippen molar-refractivity contribution < 1.29 is 5.11 Å². The van der Waals surface area contributed by atoms with E-state index in [1.807, 2.05) is 19.9 Å². The van der Waals surface area contributed by atoms with Gasteiger partial charge in [0.25, 0.3) is 0 Å². The standard InChI is InChI=1S/C20H36.C2H6.CH4O/c1-8-9-10-11-12-19(5)16-20(6,7)14-13-18(4)15-17(2)3;2*1-2/h8,12-13,17H,1,9-11,14-16H2,2-7H3;1-2H3;2H,1H3/b18-13+,19-12+;;. The number of hydrogen-bond acceptors (Lipinski definition) is 1. The van der Waals surface area contributed by atoms with Gasteiger partial charge in [-0.1, -0.05) is 70.9 Å². The lowest BCUT2D eigenvalue weighted by atomic mass is 9.81. The van der Waals surface area contributed by atoms with Crippen molar-refractivity contribution in [2.75, 3.05) is 7.11 Å². The molecule has 1 nitrogen and oxygen atoms in total. The Hall–Kier alpha value is -0.820. The van der Waals surface area contributed by atoms with Crippen molar-refractivity contribution in [3.63, 3.8) is 0 Å². The molecule has 1 N–H and O–H groups in total. The maximum atomic E-state index is 7.00. The fourth-order valence-corrected chi connectivity index (χ4v) is 2.69. The molecule has 1 heteroatoms. The minimum absolute atomic E-state index is 0.372. The summed E-state index contributed by atoms with van der Waals surface area (Å²) in [6.45, 7) is 21.7. The topological polar surface area (TPSA) is 20.2 Å². The van der Waals surface area contributed by atoms with Crippen LogP contribution in [0.5, 0.6) is 0 Å². The highest BCUT2D eigenvalue weighted by atomic mass is 16.2. The van der Waals surface area contributed by atoms with Crippen LogP contribution >= 0.6 is 0 Å². The van der Waals surface area contributed by atoms with Crippen LogP contribution in [-0.4, -0.2) is 12.2 Å². The van der Waals surface area contributed by atoms with E-state index in [0.29, 0.717) is 5.41 Å². The maximum Gasteiger partial charge on any atom is 0.0319 e. The third-order valence-electron chi connectivity index (χ3n) is 3.60. The Kier molecular flexibility index (Phi) is 21.6. The third kappa shape index (κ3) is 21.2. The second kappa shape index (κ2) is 18.5. The van der Waals surface area contributed by atoms with E-state index in [-0.39, 0.29) is 0 Å². The summed E-state index contributed by atoms with van der Waals surface area (Å²) in [6.07, 6.45) is 14.0. The van der Waals surface area contributed by atoms with Gasteiger partial charge in [0.05, 0.1) is 0 Å². The molecule has 0 atom stereocenters. The van der Waals surface area contributed by atoms with Crippen LogP contribution in [0, 0.1) is 11.3 Å². The Morgan fingerprint density at radius 2 is 1.54 bits per heavy atom. The predicted molar refractivity (Wildman–Crippen MR) is 114 cm³/mol. The van der Waals surface area contributed by atoms with E-state index in [1.54, 1.807) is 5.57 Å². The number of aliphatic hydroxyl groups is 1. The van der Waals surface area contributed by atoms with Crippen LogP contribution < -0.4 is 0 Å². The normalized spacial score (nSPS) is 12.1. The molecule has 0 aliphatic rings. The zero-order chi connectivity index (χ0) is 19.6. The molecule has 0 radical (unpaired) electrons. The number of allylic oxidation sites excluding steroid dienone is 5. The van der Waals surface area contributed by atoms with Crippen LogP contribution in [0.25, 0.3) is 0 Å². The summed E-state index contributed by atoms with van der Waals surface area (Å²) in [5.74, 6) is 0.765. The molecule has 0 aromatic rings. The second-order valence-electron chi connectivity index (χ2n) is 7.46. The Morgan fingerprint density at radius 3 is 2.00 bits per heavy atom. The van der Waals surface area contributed by atoms with Gasteiger partial charge >= 0.3 is 0 Å². The first kappa shape index (κ1) is 28.0. The van der Waals surface area contributed by atoms with Crippen molar-refractivity contribution in [1.82, 2.24) is 0 Å². The average molecular weight is 339 g/mol. The van der Waals surface area contributed by atoms with Crippen LogP contribution in [0.1, 0.15) is 93.9 Å². The van der Waals surface area contributed by atoms with E-state index >= 15 is 0 Å². The molecule has 24 heavy (non-hydrogen) atoms. The Labute approximate surface area is 154 Å². The van der Waals surface area contributed by atoms with Crippen LogP contribution in [0.4, 0.5) is 0 Å². The molecule has 0 bridgehead atoms. The minimum Gasteiger partial charge on any atom is -0.400 e. The maximum absolute atomic E-state index is 7.00. The second-order valence-corrected chi connectivity index (χ2v) is 7.46. The van der Waals surface area contributed by atoms with E-state index in [1.165, 1.54) is 37.7 Å². The number of unbranched alkanes of at least 4 members (excludes halogenated alkanes) is 2.